The van der Waals surface area contributed by atoms with E-state index in [0.29, 0.717) is 12.3 Å². The molecule has 1 aliphatic rings. The standard InChI is InChI=1S/C14H30N2O2S/c1-12(2)14(8-9-14)16-19(17,18)11-7-6-10-15-13(3,4)5/h12,15-16H,6-11H2,1-5H3. The van der Waals surface area contributed by atoms with Gasteiger partial charge in [0, 0.05) is 11.1 Å². The third-order valence-electron chi connectivity index (χ3n) is 3.75. The average molecular weight is 290 g/mol. The highest BCUT2D eigenvalue weighted by Gasteiger charge is 2.47. The van der Waals surface area contributed by atoms with Gasteiger partial charge in [-0.05, 0) is 58.9 Å². The van der Waals surface area contributed by atoms with Gasteiger partial charge >= 0.3 is 0 Å². The van der Waals surface area contributed by atoms with Gasteiger partial charge < -0.3 is 5.32 Å². The van der Waals surface area contributed by atoms with E-state index < -0.39 is 10.0 Å². The number of sulfonamides is 1. The maximum atomic E-state index is 12.0. The lowest BCUT2D eigenvalue weighted by Crippen LogP contribution is -2.42. The van der Waals surface area contributed by atoms with Crippen molar-refractivity contribution in [2.45, 2.75) is 71.4 Å². The molecule has 0 aromatic carbocycles. The van der Waals surface area contributed by atoms with Gasteiger partial charge in [-0.2, -0.15) is 0 Å². The molecule has 0 aromatic heterocycles. The van der Waals surface area contributed by atoms with E-state index in [0.717, 1.165) is 25.8 Å². The summed E-state index contributed by atoms with van der Waals surface area (Å²) in [6, 6.07) is 0. The minimum absolute atomic E-state index is 0.104. The van der Waals surface area contributed by atoms with Crippen molar-refractivity contribution >= 4 is 10.0 Å². The number of rotatable bonds is 8. The van der Waals surface area contributed by atoms with Gasteiger partial charge in [0.2, 0.25) is 10.0 Å². The summed E-state index contributed by atoms with van der Waals surface area (Å²) >= 11 is 0. The largest absolute Gasteiger partial charge is 0.312 e. The highest BCUT2D eigenvalue weighted by Crippen LogP contribution is 2.42. The van der Waals surface area contributed by atoms with Crippen LogP contribution in [0, 0.1) is 5.92 Å². The summed E-state index contributed by atoms with van der Waals surface area (Å²) in [6.45, 7) is 11.4. The van der Waals surface area contributed by atoms with Crippen LogP contribution in [0.5, 0.6) is 0 Å². The second-order valence-electron chi connectivity index (χ2n) is 7.12. The van der Waals surface area contributed by atoms with E-state index in [2.05, 4.69) is 44.7 Å². The van der Waals surface area contributed by atoms with Crippen molar-refractivity contribution in [1.82, 2.24) is 10.0 Å². The molecule has 0 spiro atoms. The lowest BCUT2D eigenvalue weighted by atomic mass is 10.0. The van der Waals surface area contributed by atoms with Crippen LogP contribution in [0.25, 0.3) is 0 Å². The molecule has 1 fully saturated rings. The van der Waals surface area contributed by atoms with E-state index in [1.807, 2.05) is 0 Å². The lowest BCUT2D eigenvalue weighted by molar-refractivity contribution is 0.419. The molecular weight excluding hydrogens is 260 g/mol. The first-order valence-corrected chi connectivity index (χ1v) is 8.98. The second-order valence-corrected chi connectivity index (χ2v) is 8.96. The zero-order valence-electron chi connectivity index (χ0n) is 13.0. The number of unbranched alkanes of at least 4 members (excludes halogenated alkanes) is 1. The Kier molecular flexibility index (Phi) is 5.43. The van der Waals surface area contributed by atoms with Crippen molar-refractivity contribution in [3.63, 3.8) is 0 Å². The van der Waals surface area contributed by atoms with Gasteiger partial charge in [-0.1, -0.05) is 13.8 Å². The van der Waals surface area contributed by atoms with E-state index >= 15 is 0 Å². The molecule has 0 bridgehead atoms. The van der Waals surface area contributed by atoms with Crippen molar-refractivity contribution in [2.75, 3.05) is 12.3 Å². The zero-order valence-corrected chi connectivity index (χ0v) is 13.9. The number of hydrogen-bond donors (Lipinski definition) is 2. The highest BCUT2D eigenvalue weighted by molar-refractivity contribution is 7.89. The van der Waals surface area contributed by atoms with Crippen molar-refractivity contribution in [1.29, 1.82) is 0 Å². The zero-order chi connectivity index (χ0) is 14.7. The molecule has 0 unspecified atom stereocenters. The summed E-state index contributed by atoms with van der Waals surface area (Å²) in [5.41, 5.74) is -0.0324. The Morgan fingerprint density at radius 3 is 2.16 bits per heavy atom. The van der Waals surface area contributed by atoms with E-state index in [4.69, 9.17) is 0 Å². The van der Waals surface area contributed by atoms with Gasteiger partial charge in [-0.25, -0.2) is 13.1 Å². The van der Waals surface area contributed by atoms with E-state index in [1.54, 1.807) is 0 Å². The van der Waals surface area contributed by atoms with Crippen LogP contribution in [0.4, 0.5) is 0 Å². The van der Waals surface area contributed by atoms with Crippen LogP contribution in [-0.2, 0) is 10.0 Å². The Labute approximate surface area is 118 Å². The van der Waals surface area contributed by atoms with Gasteiger partial charge in [0.05, 0.1) is 5.75 Å². The van der Waals surface area contributed by atoms with Gasteiger partial charge in [0.15, 0.2) is 0 Å². The lowest BCUT2D eigenvalue weighted by Gasteiger charge is -2.22. The highest BCUT2D eigenvalue weighted by atomic mass is 32.2. The quantitative estimate of drug-likeness (QED) is 0.674. The van der Waals surface area contributed by atoms with Crippen LogP contribution >= 0.6 is 0 Å². The van der Waals surface area contributed by atoms with Gasteiger partial charge in [0.25, 0.3) is 0 Å². The molecule has 1 saturated carbocycles. The van der Waals surface area contributed by atoms with Crippen LogP contribution in [-0.4, -0.2) is 31.8 Å². The third kappa shape index (κ3) is 6.23. The molecule has 0 saturated heterocycles. The Bertz CT molecular complexity index is 379. The average Bonchev–Trinajstić information content (AvgIpc) is 2.95. The first kappa shape index (κ1) is 16.9. The Balaban J connectivity index is 2.25. The van der Waals surface area contributed by atoms with Crippen LogP contribution in [0.2, 0.25) is 0 Å². The minimum Gasteiger partial charge on any atom is -0.312 e. The van der Waals surface area contributed by atoms with Crippen molar-refractivity contribution in [3.8, 4) is 0 Å². The Morgan fingerprint density at radius 1 is 1.16 bits per heavy atom. The molecule has 19 heavy (non-hydrogen) atoms. The van der Waals surface area contributed by atoms with Crippen LogP contribution in [0.1, 0.15) is 60.3 Å². The molecule has 114 valence electrons. The van der Waals surface area contributed by atoms with Crippen molar-refractivity contribution < 1.29 is 8.42 Å². The molecule has 2 N–H and O–H groups in total. The molecule has 0 amide bonds. The third-order valence-corrected chi connectivity index (χ3v) is 5.29. The molecule has 1 aliphatic carbocycles. The maximum Gasteiger partial charge on any atom is 0.212 e. The minimum atomic E-state index is -3.12. The van der Waals surface area contributed by atoms with E-state index in [9.17, 15) is 8.42 Å². The molecule has 0 heterocycles. The SMILES string of the molecule is CC(C)C1(NS(=O)(=O)CCCCNC(C)(C)C)CC1. The predicted molar refractivity (Wildman–Crippen MR) is 80.7 cm³/mol. The summed E-state index contributed by atoms with van der Waals surface area (Å²) in [6.07, 6.45) is 3.57. The maximum absolute atomic E-state index is 12.0. The Morgan fingerprint density at radius 2 is 1.74 bits per heavy atom. The van der Waals surface area contributed by atoms with Gasteiger partial charge in [0.1, 0.15) is 0 Å². The van der Waals surface area contributed by atoms with E-state index in [-0.39, 0.29) is 16.8 Å². The molecule has 0 aromatic rings. The summed E-state index contributed by atoms with van der Waals surface area (Å²) in [4.78, 5) is 0. The summed E-state index contributed by atoms with van der Waals surface area (Å²) < 4.78 is 26.9. The van der Waals surface area contributed by atoms with Crippen LogP contribution < -0.4 is 10.0 Å². The second kappa shape index (κ2) is 6.10. The molecule has 0 aliphatic heterocycles. The van der Waals surface area contributed by atoms with Crippen LogP contribution in [0.15, 0.2) is 0 Å². The van der Waals surface area contributed by atoms with Gasteiger partial charge in [-0.3, -0.25) is 0 Å². The monoisotopic (exact) mass is 290 g/mol. The molecular formula is C14H30N2O2S. The fraction of sp³-hybridized carbons (Fsp3) is 1.00. The summed E-state index contributed by atoms with van der Waals surface area (Å²) in [5.74, 6) is 0.623. The fourth-order valence-electron chi connectivity index (χ4n) is 2.17. The molecule has 1 rings (SSSR count). The fourth-order valence-corrected chi connectivity index (χ4v) is 3.92. The van der Waals surface area contributed by atoms with E-state index in [1.165, 1.54) is 0 Å². The molecule has 0 radical (unpaired) electrons. The van der Waals surface area contributed by atoms with Crippen molar-refractivity contribution in [3.05, 3.63) is 0 Å². The first-order chi connectivity index (χ1) is 8.56. The topological polar surface area (TPSA) is 58.2 Å². The molecule has 0 atom stereocenters. The van der Waals surface area contributed by atoms with Crippen LogP contribution in [0.3, 0.4) is 0 Å². The van der Waals surface area contributed by atoms with Crippen molar-refractivity contribution in [2.24, 2.45) is 5.92 Å². The summed E-state index contributed by atoms with van der Waals surface area (Å²) in [7, 11) is -3.12. The van der Waals surface area contributed by atoms with Gasteiger partial charge in [-0.15, -0.1) is 0 Å². The first-order valence-electron chi connectivity index (χ1n) is 7.33. The molecule has 5 heteroatoms. The smallest absolute Gasteiger partial charge is 0.212 e. The molecule has 4 nitrogen and oxygen atoms in total. The normalized spacial score (nSPS) is 18.8. The summed E-state index contributed by atoms with van der Waals surface area (Å²) in [5, 5.41) is 3.37. The number of hydrogen-bond acceptors (Lipinski definition) is 3. The predicted octanol–water partition coefficient (Wildman–Crippen LogP) is 2.26. The Hall–Kier alpha value is -0.130. The number of nitrogens with one attached hydrogen (secondary N) is 2.